The molecule has 0 aliphatic carbocycles. The van der Waals surface area contributed by atoms with Gasteiger partial charge >= 0.3 is 51.2 Å². The van der Waals surface area contributed by atoms with E-state index >= 15 is 0 Å². The van der Waals surface area contributed by atoms with Crippen molar-refractivity contribution in [3.63, 3.8) is 0 Å². The molecule has 0 aromatic heterocycles. The molecule has 0 rings (SSSR count). The molecule has 0 heterocycles. The van der Waals surface area contributed by atoms with Crippen LogP contribution in [0.15, 0.2) is 0 Å². The smallest absolute Gasteiger partial charge is 0.747 e. The monoisotopic (exact) mass is 1050 g/mol. The first-order valence-electron chi connectivity index (χ1n) is 20.9. The van der Waals surface area contributed by atoms with Gasteiger partial charge in [-0.15, -0.1) is 0 Å². The Morgan fingerprint density at radius 1 is 0.439 bits per heavy atom. The van der Waals surface area contributed by atoms with Crippen LogP contribution in [0.3, 0.4) is 0 Å². The van der Waals surface area contributed by atoms with E-state index in [4.69, 9.17) is 18.9 Å². The van der Waals surface area contributed by atoms with Crippen LogP contribution >= 0.6 is 0 Å². The molecule has 0 N–H and O–H groups in total. The maximum absolute atomic E-state index is 12.1. The van der Waals surface area contributed by atoms with Crippen molar-refractivity contribution in [1.29, 1.82) is 0 Å². The van der Waals surface area contributed by atoms with Crippen LogP contribution in [0, 0.1) is 23.7 Å². The van der Waals surface area contributed by atoms with E-state index in [1.807, 2.05) is 27.7 Å². The number of rotatable bonds is 32. The molecule has 0 spiro atoms. The van der Waals surface area contributed by atoms with Crippen LogP contribution in [0.25, 0.3) is 0 Å². The molecule has 0 aromatic rings. The number of carbonyl (C=O) groups is 4. The van der Waals surface area contributed by atoms with Crippen LogP contribution in [-0.4, -0.2) is 114 Å². The molecule has 0 fully saturated rings. The Morgan fingerprint density at radius 3 is 0.860 bits per heavy atom. The first-order chi connectivity index (χ1) is 26.4. The molecule has 0 bridgehead atoms. The molecule has 0 aliphatic heterocycles. The van der Waals surface area contributed by atoms with Gasteiger partial charge in [0.05, 0.1) is 39.3 Å². The number of hydrogen-bond donors (Lipinski definition) is 0. The molecule has 6 atom stereocenters. The van der Waals surface area contributed by atoms with E-state index in [9.17, 15) is 45.1 Å². The standard InChI is InChI=1S/2C20H38O7S.Pb/c2*1-5-9-11-16(7-3)14-26-19(21)13-18(28(23,24)25)20(22)27-15-17(8-4)12-10-6-2;/h2*16-18H,5-15H2,1-4H3,(H,23,24,25);/q;;+2/p-2. The Bertz CT molecular complexity index is 1190. The number of hydrogen-bond acceptors (Lipinski definition) is 14. The molecule has 334 valence electrons. The normalized spacial score (nSPS) is 14.6. The summed E-state index contributed by atoms with van der Waals surface area (Å²) in [6, 6.07) is 0. The van der Waals surface area contributed by atoms with Gasteiger partial charge in [0.25, 0.3) is 0 Å². The zero-order chi connectivity index (χ0) is 43.2. The summed E-state index contributed by atoms with van der Waals surface area (Å²) in [7, 11) is -10.0. The third-order valence-corrected chi connectivity index (χ3v) is 12.1. The molecule has 14 nitrogen and oxygen atoms in total. The molecule has 6 unspecified atom stereocenters. The Kier molecular flexibility index (Phi) is 37.2. The van der Waals surface area contributed by atoms with Gasteiger partial charge in [0, 0.05) is 0 Å². The zero-order valence-corrected chi connectivity index (χ0v) is 41.6. The van der Waals surface area contributed by atoms with Gasteiger partial charge < -0.3 is 28.1 Å². The van der Waals surface area contributed by atoms with Crippen molar-refractivity contribution in [2.24, 2.45) is 23.7 Å². The summed E-state index contributed by atoms with van der Waals surface area (Å²) in [5.41, 5.74) is 0. The second-order valence-electron chi connectivity index (χ2n) is 14.7. The average Bonchev–Trinajstić information content (AvgIpc) is 3.15. The zero-order valence-electron chi connectivity index (χ0n) is 36.1. The minimum Gasteiger partial charge on any atom is -0.747 e. The van der Waals surface area contributed by atoms with E-state index in [2.05, 4.69) is 27.7 Å². The van der Waals surface area contributed by atoms with Gasteiger partial charge in [-0.25, -0.2) is 16.8 Å². The molecule has 0 aromatic carbocycles. The van der Waals surface area contributed by atoms with Crippen molar-refractivity contribution in [1.82, 2.24) is 0 Å². The molecule has 0 saturated heterocycles. The van der Waals surface area contributed by atoms with Crippen LogP contribution in [0.4, 0.5) is 0 Å². The Hall–Kier alpha value is -1.38. The Morgan fingerprint density at radius 2 is 0.667 bits per heavy atom. The molecule has 0 saturated carbocycles. The van der Waals surface area contributed by atoms with E-state index in [0.29, 0.717) is 0 Å². The quantitative estimate of drug-likeness (QED) is 0.0281. The van der Waals surface area contributed by atoms with E-state index in [1.165, 1.54) is 0 Å². The summed E-state index contributed by atoms with van der Waals surface area (Å²) in [6.45, 7) is 16.5. The van der Waals surface area contributed by atoms with Gasteiger partial charge in [-0.3, -0.25) is 19.2 Å². The maximum Gasteiger partial charge on any atom is 2.00 e. The summed E-state index contributed by atoms with van der Waals surface area (Å²) in [5.74, 6) is -3.49. The minimum atomic E-state index is -5.01. The van der Waals surface area contributed by atoms with Gasteiger partial charge in [-0.1, -0.05) is 132 Å². The fraction of sp³-hybridized carbons (Fsp3) is 0.900. The summed E-state index contributed by atoms with van der Waals surface area (Å²) in [5, 5.41) is -4.11. The first kappa shape index (κ1) is 59.9. The summed E-state index contributed by atoms with van der Waals surface area (Å²) >= 11 is 0. The maximum atomic E-state index is 12.1. The molecular formula is C40H74O14PbS2. The fourth-order valence-corrected chi connectivity index (χ4v) is 6.91. The van der Waals surface area contributed by atoms with Crippen LogP contribution in [-0.2, 0) is 58.4 Å². The van der Waals surface area contributed by atoms with Crippen LogP contribution in [0.1, 0.15) is 171 Å². The second-order valence-corrected chi connectivity index (χ2v) is 17.8. The Balaban J connectivity index is -0.00000101. The van der Waals surface area contributed by atoms with Gasteiger partial charge in [0.1, 0.15) is 20.2 Å². The van der Waals surface area contributed by atoms with Crippen molar-refractivity contribution in [3.05, 3.63) is 0 Å². The number of carbonyl (C=O) groups excluding carboxylic acids is 4. The molecule has 0 aliphatic rings. The predicted octanol–water partition coefficient (Wildman–Crippen LogP) is 7.24. The molecule has 2 radical (unpaired) electrons. The third-order valence-electron chi connectivity index (χ3n) is 9.98. The first-order valence-corrected chi connectivity index (χ1v) is 23.9. The molecule has 0 amide bonds. The second kappa shape index (κ2) is 35.4. The van der Waals surface area contributed by atoms with E-state index in [-0.39, 0.29) is 77.4 Å². The van der Waals surface area contributed by atoms with Gasteiger partial charge in [-0.05, 0) is 49.4 Å². The van der Waals surface area contributed by atoms with Crippen molar-refractivity contribution in [2.45, 2.75) is 181 Å². The van der Waals surface area contributed by atoms with Crippen LogP contribution < -0.4 is 0 Å². The van der Waals surface area contributed by atoms with Crippen LogP contribution in [0.5, 0.6) is 0 Å². The van der Waals surface area contributed by atoms with Crippen molar-refractivity contribution >= 4 is 71.4 Å². The van der Waals surface area contributed by atoms with Crippen molar-refractivity contribution in [3.8, 4) is 0 Å². The molecule has 17 heteroatoms. The van der Waals surface area contributed by atoms with Crippen molar-refractivity contribution < 1.29 is 64.1 Å². The summed E-state index contributed by atoms with van der Waals surface area (Å²) in [4.78, 5) is 48.3. The number of esters is 4. The number of ether oxygens (including phenoxy) is 4. The van der Waals surface area contributed by atoms with E-state index in [0.717, 1.165) is 103 Å². The summed E-state index contributed by atoms with van der Waals surface area (Å²) < 4.78 is 89.1. The Labute approximate surface area is 365 Å². The van der Waals surface area contributed by atoms with Crippen LogP contribution in [0.2, 0.25) is 0 Å². The third kappa shape index (κ3) is 30.3. The van der Waals surface area contributed by atoms with E-state index < -0.39 is 67.5 Å². The average molecular weight is 1050 g/mol. The van der Waals surface area contributed by atoms with E-state index in [1.54, 1.807) is 0 Å². The minimum absolute atomic E-state index is 0. The SMILES string of the molecule is CCCCC(CC)COC(=O)CC(C(=O)OCC(CC)CCCC)S(=O)(=O)[O-].CCCCC(CC)COC(=O)CC(C(=O)OCC(CC)CCCC)S(=O)(=O)[O-].[Pb+2]. The van der Waals surface area contributed by atoms with Gasteiger partial charge in [0.2, 0.25) is 0 Å². The topological polar surface area (TPSA) is 220 Å². The van der Waals surface area contributed by atoms with Gasteiger partial charge in [0.15, 0.2) is 10.5 Å². The van der Waals surface area contributed by atoms with Gasteiger partial charge in [-0.2, -0.15) is 0 Å². The molecule has 57 heavy (non-hydrogen) atoms. The predicted molar refractivity (Wildman–Crippen MR) is 219 cm³/mol. The largest absolute Gasteiger partial charge is 2.00 e. The molecular weight excluding hydrogens is 976 g/mol. The van der Waals surface area contributed by atoms with Crippen molar-refractivity contribution in [2.75, 3.05) is 26.4 Å². The summed E-state index contributed by atoms with van der Waals surface area (Å²) in [6.07, 6.45) is 13.2. The number of unbranched alkanes of at least 4 members (excludes halogenated alkanes) is 4. The fourth-order valence-electron chi connectivity index (χ4n) is 5.63.